The van der Waals surface area contributed by atoms with Crippen molar-refractivity contribution in [3.63, 3.8) is 0 Å². The van der Waals surface area contributed by atoms with Crippen LogP contribution in [0.4, 0.5) is 0 Å². The van der Waals surface area contributed by atoms with Crippen molar-refractivity contribution in [2.75, 3.05) is 13.6 Å². The van der Waals surface area contributed by atoms with Crippen molar-refractivity contribution in [1.29, 1.82) is 0 Å². The maximum absolute atomic E-state index is 13.2. The number of nitrogens with one attached hydrogen (secondary N) is 1. The van der Waals surface area contributed by atoms with E-state index in [0.29, 0.717) is 38.0 Å². The fourth-order valence-electron chi connectivity index (χ4n) is 4.32. The molecule has 0 saturated heterocycles. The second-order valence-electron chi connectivity index (χ2n) is 8.31. The summed E-state index contributed by atoms with van der Waals surface area (Å²) >= 11 is 0. The van der Waals surface area contributed by atoms with Gasteiger partial charge in [-0.05, 0) is 37.0 Å². The molecule has 1 N–H and O–H groups in total. The van der Waals surface area contributed by atoms with E-state index in [1.165, 1.54) is 7.05 Å². The monoisotopic (exact) mass is 422 g/mol. The summed E-state index contributed by atoms with van der Waals surface area (Å²) in [4.78, 5) is 46.1. The highest BCUT2D eigenvalue weighted by atomic mass is 16.7. The molecular weight excluding hydrogens is 396 g/mol. The van der Waals surface area contributed by atoms with Gasteiger partial charge in [0.05, 0.1) is 12.3 Å². The van der Waals surface area contributed by atoms with Crippen LogP contribution in [0.1, 0.15) is 47.3 Å². The number of oxime groups is 1. The number of fused-ring (bicyclic) bond motifs is 1. The Balaban J connectivity index is 1.70. The molecule has 0 radical (unpaired) electrons. The van der Waals surface area contributed by atoms with E-state index in [9.17, 15) is 14.4 Å². The van der Waals surface area contributed by atoms with Crippen molar-refractivity contribution in [3.8, 4) is 0 Å². The minimum atomic E-state index is -1.01. The van der Waals surface area contributed by atoms with Gasteiger partial charge in [-0.15, -0.1) is 0 Å². The van der Waals surface area contributed by atoms with Gasteiger partial charge in [-0.25, -0.2) is 0 Å². The van der Waals surface area contributed by atoms with Gasteiger partial charge in [-0.1, -0.05) is 35.5 Å². The van der Waals surface area contributed by atoms with E-state index in [1.54, 1.807) is 22.6 Å². The van der Waals surface area contributed by atoms with E-state index in [0.717, 1.165) is 16.8 Å². The van der Waals surface area contributed by atoms with Crippen molar-refractivity contribution in [3.05, 3.63) is 69.1 Å². The van der Waals surface area contributed by atoms with Gasteiger partial charge in [-0.3, -0.25) is 14.4 Å². The minimum absolute atomic E-state index is 0.138. The Kier molecular flexibility index (Phi) is 5.39. The van der Waals surface area contributed by atoms with Gasteiger partial charge in [-0.2, -0.15) is 0 Å². The Labute approximate surface area is 180 Å². The highest BCUT2D eigenvalue weighted by Gasteiger charge is 2.44. The molecule has 0 spiro atoms. The van der Waals surface area contributed by atoms with Crippen molar-refractivity contribution in [1.82, 2.24) is 14.8 Å². The molecule has 1 atom stereocenters. The number of amides is 2. The molecule has 2 amide bonds. The summed E-state index contributed by atoms with van der Waals surface area (Å²) in [6.07, 6.45) is 2.66. The van der Waals surface area contributed by atoms with E-state index < -0.39 is 11.5 Å². The number of hydrogen-bond acceptors (Lipinski definition) is 5. The molecule has 31 heavy (non-hydrogen) atoms. The Morgan fingerprint density at radius 3 is 2.65 bits per heavy atom. The molecule has 0 fully saturated rings. The summed E-state index contributed by atoms with van der Waals surface area (Å²) in [5.41, 5.74) is 2.07. The average molecular weight is 422 g/mol. The average Bonchev–Trinajstić information content (AvgIpc) is 3.13. The van der Waals surface area contributed by atoms with Crippen LogP contribution in [-0.2, 0) is 29.1 Å². The smallest absolute Gasteiger partial charge is 0.270 e. The molecular formula is C23H26N4O4. The number of carbonyl (C=O) groups is 2. The standard InChI is InChI=1S/C23H26N4O4/c1-15-11-23(2,31-25-15)22(30)26-10-9-18-17(13-26)14-27(12-16-7-5-4-6-8-16)21(29)19(18)20(28)24-3/h4-8,14H,9-13H2,1-3H3,(H,24,28). The Morgan fingerprint density at radius 2 is 2.00 bits per heavy atom. The van der Waals surface area contributed by atoms with E-state index in [2.05, 4.69) is 10.5 Å². The molecule has 8 nitrogen and oxygen atoms in total. The van der Waals surface area contributed by atoms with E-state index in [4.69, 9.17) is 4.84 Å². The van der Waals surface area contributed by atoms with Gasteiger partial charge < -0.3 is 19.6 Å². The van der Waals surface area contributed by atoms with Gasteiger partial charge in [0.15, 0.2) is 0 Å². The summed E-state index contributed by atoms with van der Waals surface area (Å²) in [5.74, 6) is -0.542. The van der Waals surface area contributed by atoms with Crippen LogP contribution in [0.25, 0.3) is 0 Å². The molecule has 2 aliphatic heterocycles. The lowest BCUT2D eigenvalue weighted by molar-refractivity contribution is -0.154. The molecule has 3 heterocycles. The lowest BCUT2D eigenvalue weighted by Gasteiger charge is -2.34. The Bertz CT molecular complexity index is 1120. The number of nitrogens with zero attached hydrogens (tertiary/aromatic N) is 3. The third-order valence-electron chi connectivity index (χ3n) is 5.85. The number of hydrogen-bond donors (Lipinski definition) is 1. The third kappa shape index (κ3) is 3.85. The molecule has 2 aliphatic rings. The third-order valence-corrected chi connectivity index (χ3v) is 5.85. The van der Waals surface area contributed by atoms with Gasteiger partial charge in [0, 0.05) is 32.8 Å². The zero-order valence-corrected chi connectivity index (χ0v) is 18.0. The number of carbonyl (C=O) groups excluding carboxylic acids is 2. The molecule has 0 saturated carbocycles. The molecule has 1 unspecified atom stereocenters. The maximum atomic E-state index is 13.2. The number of aromatic nitrogens is 1. The first-order chi connectivity index (χ1) is 14.8. The Hall–Kier alpha value is -3.42. The zero-order valence-electron chi connectivity index (χ0n) is 18.0. The molecule has 162 valence electrons. The summed E-state index contributed by atoms with van der Waals surface area (Å²) in [6, 6.07) is 9.59. The first kappa shape index (κ1) is 20.8. The summed E-state index contributed by atoms with van der Waals surface area (Å²) in [6.45, 7) is 4.65. The predicted molar refractivity (Wildman–Crippen MR) is 116 cm³/mol. The van der Waals surface area contributed by atoms with Crippen LogP contribution >= 0.6 is 0 Å². The second kappa shape index (κ2) is 8.02. The van der Waals surface area contributed by atoms with E-state index in [1.807, 2.05) is 37.3 Å². The topological polar surface area (TPSA) is 93.0 Å². The van der Waals surface area contributed by atoms with Gasteiger partial charge in [0.25, 0.3) is 17.4 Å². The van der Waals surface area contributed by atoms with Crippen LogP contribution in [0.2, 0.25) is 0 Å². The largest absolute Gasteiger partial charge is 0.379 e. The van der Waals surface area contributed by atoms with Crippen molar-refractivity contribution >= 4 is 17.5 Å². The fraction of sp³-hybridized carbons (Fsp3) is 0.391. The summed E-state index contributed by atoms with van der Waals surface area (Å²) in [7, 11) is 1.52. The predicted octanol–water partition coefficient (Wildman–Crippen LogP) is 1.70. The molecule has 0 aliphatic carbocycles. The molecule has 4 rings (SSSR count). The summed E-state index contributed by atoms with van der Waals surface area (Å²) < 4.78 is 1.55. The first-order valence-electron chi connectivity index (χ1n) is 10.3. The number of rotatable bonds is 4. The number of benzene rings is 1. The quantitative estimate of drug-likeness (QED) is 0.812. The van der Waals surface area contributed by atoms with Crippen LogP contribution in [0.5, 0.6) is 0 Å². The minimum Gasteiger partial charge on any atom is -0.379 e. The summed E-state index contributed by atoms with van der Waals surface area (Å²) in [5, 5.41) is 6.53. The number of pyridine rings is 1. The molecule has 2 aromatic rings. The molecule has 1 aromatic heterocycles. The highest BCUT2D eigenvalue weighted by Crippen LogP contribution is 2.29. The van der Waals surface area contributed by atoms with Gasteiger partial charge in [0.2, 0.25) is 5.60 Å². The molecule has 0 bridgehead atoms. The highest BCUT2D eigenvalue weighted by molar-refractivity contribution is 5.96. The van der Waals surface area contributed by atoms with Crippen molar-refractivity contribution < 1.29 is 14.4 Å². The first-order valence-corrected chi connectivity index (χ1v) is 10.3. The van der Waals surface area contributed by atoms with E-state index in [-0.39, 0.29) is 17.0 Å². The Morgan fingerprint density at radius 1 is 1.26 bits per heavy atom. The maximum Gasteiger partial charge on any atom is 0.270 e. The van der Waals surface area contributed by atoms with Crippen LogP contribution in [-0.4, -0.2) is 46.2 Å². The lowest BCUT2D eigenvalue weighted by Crippen LogP contribution is -2.49. The molecule has 1 aromatic carbocycles. The lowest BCUT2D eigenvalue weighted by atomic mass is 9.93. The normalized spacial score (nSPS) is 20.0. The van der Waals surface area contributed by atoms with E-state index >= 15 is 0 Å². The van der Waals surface area contributed by atoms with Crippen LogP contribution < -0.4 is 10.9 Å². The fourth-order valence-corrected chi connectivity index (χ4v) is 4.32. The van der Waals surface area contributed by atoms with Gasteiger partial charge >= 0.3 is 0 Å². The van der Waals surface area contributed by atoms with Crippen molar-refractivity contribution in [2.45, 2.75) is 45.4 Å². The molecule has 8 heteroatoms. The van der Waals surface area contributed by atoms with Crippen LogP contribution in [0, 0.1) is 0 Å². The van der Waals surface area contributed by atoms with Gasteiger partial charge in [0.1, 0.15) is 5.56 Å². The second-order valence-corrected chi connectivity index (χ2v) is 8.31. The van der Waals surface area contributed by atoms with Crippen molar-refractivity contribution in [2.24, 2.45) is 5.16 Å². The van der Waals surface area contributed by atoms with Crippen LogP contribution in [0.15, 0.2) is 46.5 Å². The SMILES string of the molecule is CNC(=O)c1c2c(cn(Cc3ccccc3)c1=O)CN(C(=O)C1(C)CC(C)=NO1)CC2. The van der Waals surface area contributed by atoms with Crippen LogP contribution in [0.3, 0.4) is 0 Å². The zero-order chi connectivity index (χ0) is 22.2.